The van der Waals surface area contributed by atoms with Gasteiger partial charge in [-0.25, -0.2) is 9.97 Å². The Morgan fingerprint density at radius 3 is 2.29 bits per heavy atom. The molecule has 5 rings (SSSR count). The van der Waals surface area contributed by atoms with Gasteiger partial charge in [0.05, 0.1) is 0 Å². The molecule has 0 spiro atoms. The number of aromatic nitrogens is 2. The highest BCUT2D eigenvalue weighted by Gasteiger charge is 2.35. The van der Waals surface area contributed by atoms with Crippen molar-refractivity contribution in [3.63, 3.8) is 0 Å². The first kappa shape index (κ1) is 13.5. The van der Waals surface area contributed by atoms with Gasteiger partial charge in [0.2, 0.25) is 5.95 Å². The minimum atomic E-state index is 0.676. The lowest BCUT2D eigenvalue weighted by atomic mass is 9.83. The summed E-state index contributed by atoms with van der Waals surface area (Å²) >= 11 is 0. The molecule has 0 radical (unpaired) electrons. The molecule has 0 unspecified atom stereocenters. The van der Waals surface area contributed by atoms with E-state index in [1.807, 2.05) is 18.5 Å². The summed E-state index contributed by atoms with van der Waals surface area (Å²) in [5, 5.41) is 3.95. The number of nitrogens with one attached hydrogen (secondary N) is 1. The van der Waals surface area contributed by atoms with Crippen LogP contribution in [0.1, 0.15) is 25.7 Å². The van der Waals surface area contributed by atoms with E-state index < -0.39 is 0 Å². The molecule has 1 atom stereocenters. The van der Waals surface area contributed by atoms with Gasteiger partial charge in [-0.3, -0.25) is 0 Å². The summed E-state index contributed by atoms with van der Waals surface area (Å²) in [4.78, 5) is 13.7. The van der Waals surface area contributed by atoms with Crippen LogP contribution in [0, 0.1) is 5.92 Å². The molecule has 5 heterocycles. The molecule has 5 heteroatoms. The predicted molar refractivity (Wildman–Crippen MR) is 83.4 cm³/mol. The average Bonchev–Trinajstić information content (AvgIpc) is 2.57. The van der Waals surface area contributed by atoms with Crippen LogP contribution in [0.25, 0.3) is 0 Å². The second-order valence-electron chi connectivity index (χ2n) is 6.72. The maximum absolute atomic E-state index is 4.36. The molecule has 1 aromatic heterocycles. The lowest BCUT2D eigenvalue weighted by Gasteiger charge is -2.47. The third-order valence-corrected chi connectivity index (χ3v) is 5.44. The molecule has 4 aliphatic heterocycles. The Bertz CT molecular complexity index is 449. The fourth-order valence-corrected chi connectivity index (χ4v) is 4.16. The van der Waals surface area contributed by atoms with Gasteiger partial charge in [0.15, 0.2) is 0 Å². The van der Waals surface area contributed by atoms with E-state index in [-0.39, 0.29) is 0 Å². The van der Waals surface area contributed by atoms with E-state index in [9.17, 15) is 0 Å². The van der Waals surface area contributed by atoms with E-state index in [1.165, 1.54) is 45.3 Å². The molecule has 1 aromatic rings. The highest BCUT2D eigenvalue weighted by molar-refractivity contribution is 5.29. The third kappa shape index (κ3) is 2.90. The minimum Gasteiger partial charge on any atom is -0.341 e. The summed E-state index contributed by atoms with van der Waals surface area (Å²) in [5.74, 6) is 1.81. The number of hydrogen-bond acceptors (Lipinski definition) is 5. The average molecular weight is 287 g/mol. The van der Waals surface area contributed by atoms with Crippen molar-refractivity contribution in [3.8, 4) is 0 Å². The van der Waals surface area contributed by atoms with Crippen LogP contribution in [0.2, 0.25) is 0 Å². The zero-order valence-corrected chi connectivity index (χ0v) is 12.6. The zero-order chi connectivity index (χ0) is 14.1. The fourth-order valence-electron chi connectivity index (χ4n) is 4.16. The van der Waals surface area contributed by atoms with E-state index in [0.717, 1.165) is 31.0 Å². The van der Waals surface area contributed by atoms with Gasteiger partial charge in [0.25, 0.3) is 0 Å². The number of rotatable bonds is 3. The Labute approximate surface area is 126 Å². The van der Waals surface area contributed by atoms with E-state index in [0.29, 0.717) is 6.04 Å². The Balaban J connectivity index is 1.30. The number of hydrogen-bond donors (Lipinski definition) is 1. The van der Waals surface area contributed by atoms with Gasteiger partial charge in [-0.1, -0.05) is 0 Å². The van der Waals surface area contributed by atoms with Crippen LogP contribution in [0.4, 0.5) is 5.95 Å². The van der Waals surface area contributed by atoms with E-state index in [2.05, 4.69) is 25.1 Å². The van der Waals surface area contributed by atoms with E-state index in [4.69, 9.17) is 0 Å². The summed E-state index contributed by atoms with van der Waals surface area (Å²) in [5.41, 5.74) is 0. The van der Waals surface area contributed by atoms with Gasteiger partial charge in [-0.05, 0) is 50.8 Å². The highest BCUT2D eigenvalue weighted by Crippen LogP contribution is 2.28. The highest BCUT2D eigenvalue weighted by atomic mass is 15.3. The maximum atomic E-state index is 4.36. The molecule has 1 N–H and O–H groups in total. The largest absolute Gasteiger partial charge is 0.341 e. The summed E-state index contributed by atoms with van der Waals surface area (Å²) in [6.45, 7) is 6.07. The molecule has 4 aliphatic rings. The number of nitrogens with zero attached hydrogens (tertiary/aromatic N) is 4. The first-order valence-electron chi connectivity index (χ1n) is 8.39. The minimum absolute atomic E-state index is 0.676. The van der Waals surface area contributed by atoms with Crippen LogP contribution in [0.3, 0.4) is 0 Å². The van der Waals surface area contributed by atoms with Gasteiger partial charge in [0.1, 0.15) is 0 Å². The number of fused-ring (bicyclic) bond motifs is 3. The Kier molecular flexibility index (Phi) is 3.78. The van der Waals surface area contributed by atoms with Crippen LogP contribution in [-0.4, -0.2) is 59.7 Å². The molecule has 0 aromatic carbocycles. The molecule has 0 amide bonds. The van der Waals surface area contributed by atoms with Crippen molar-refractivity contribution in [3.05, 3.63) is 18.5 Å². The fraction of sp³-hybridized carbons (Fsp3) is 0.750. The van der Waals surface area contributed by atoms with E-state index >= 15 is 0 Å². The SMILES string of the molecule is c1cnc(N2CCC(N[C@@H]3CN4CCC3CC4)CC2)nc1. The van der Waals surface area contributed by atoms with Crippen molar-refractivity contribution in [2.24, 2.45) is 5.92 Å². The molecule has 4 saturated heterocycles. The second-order valence-corrected chi connectivity index (χ2v) is 6.72. The Morgan fingerprint density at radius 1 is 0.952 bits per heavy atom. The van der Waals surface area contributed by atoms with Gasteiger partial charge in [-0.2, -0.15) is 0 Å². The Morgan fingerprint density at radius 2 is 1.67 bits per heavy atom. The van der Waals surface area contributed by atoms with Crippen LogP contribution in [0.5, 0.6) is 0 Å². The molecule has 21 heavy (non-hydrogen) atoms. The van der Waals surface area contributed by atoms with Gasteiger partial charge >= 0.3 is 0 Å². The van der Waals surface area contributed by atoms with Gasteiger partial charge in [0, 0.05) is 44.1 Å². The lowest BCUT2D eigenvalue weighted by molar-refractivity contribution is 0.0652. The molecule has 114 valence electrons. The normalized spacial score (nSPS) is 33.3. The second kappa shape index (κ2) is 5.89. The van der Waals surface area contributed by atoms with Crippen LogP contribution in [0.15, 0.2) is 18.5 Å². The van der Waals surface area contributed by atoms with Gasteiger partial charge in [-0.15, -0.1) is 0 Å². The summed E-state index contributed by atoms with van der Waals surface area (Å²) in [6, 6.07) is 3.29. The molecular formula is C16H25N5. The van der Waals surface area contributed by atoms with Crippen molar-refractivity contribution in [2.75, 3.05) is 37.6 Å². The number of piperidine rings is 4. The van der Waals surface area contributed by atoms with E-state index in [1.54, 1.807) is 0 Å². The molecular weight excluding hydrogens is 262 g/mol. The third-order valence-electron chi connectivity index (χ3n) is 5.44. The molecule has 0 aliphatic carbocycles. The summed E-state index contributed by atoms with van der Waals surface area (Å²) in [6.07, 6.45) is 8.88. The van der Waals surface area contributed by atoms with Crippen molar-refractivity contribution < 1.29 is 0 Å². The molecule has 2 bridgehead atoms. The topological polar surface area (TPSA) is 44.3 Å². The quantitative estimate of drug-likeness (QED) is 0.903. The summed E-state index contributed by atoms with van der Waals surface area (Å²) in [7, 11) is 0. The molecule has 0 saturated carbocycles. The predicted octanol–water partition coefficient (Wildman–Crippen LogP) is 1.13. The van der Waals surface area contributed by atoms with Crippen molar-refractivity contribution in [1.82, 2.24) is 20.2 Å². The summed E-state index contributed by atoms with van der Waals surface area (Å²) < 4.78 is 0. The monoisotopic (exact) mass is 287 g/mol. The maximum Gasteiger partial charge on any atom is 0.225 e. The zero-order valence-electron chi connectivity index (χ0n) is 12.6. The smallest absolute Gasteiger partial charge is 0.225 e. The van der Waals surface area contributed by atoms with Crippen molar-refractivity contribution in [2.45, 2.75) is 37.8 Å². The first-order valence-corrected chi connectivity index (χ1v) is 8.39. The molecule has 5 nitrogen and oxygen atoms in total. The van der Waals surface area contributed by atoms with Crippen LogP contribution >= 0.6 is 0 Å². The van der Waals surface area contributed by atoms with Crippen molar-refractivity contribution >= 4 is 5.95 Å². The van der Waals surface area contributed by atoms with Crippen LogP contribution < -0.4 is 10.2 Å². The number of anilines is 1. The lowest BCUT2D eigenvalue weighted by Crippen LogP contribution is -2.59. The van der Waals surface area contributed by atoms with Gasteiger partial charge < -0.3 is 15.1 Å². The Hall–Kier alpha value is -1.20. The molecule has 4 fully saturated rings. The van der Waals surface area contributed by atoms with Crippen LogP contribution in [-0.2, 0) is 0 Å². The first-order chi connectivity index (χ1) is 10.4. The van der Waals surface area contributed by atoms with Crippen molar-refractivity contribution in [1.29, 1.82) is 0 Å². The standard InChI is InChI=1S/C16H25N5/c1-6-17-16(18-7-1)21-10-4-14(5-11-21)19-15-12-20-8-2-13(15)3-9-20/h1,6-7,13-15,19H,2-5,8-12H2/t15-/m1/s1.